The Labute approximate surface area is 44.7 Å². The number of rotatable bonds is 2. The number of ether oxygens (including phenoxy) is 1. The molecular formula is C5H12NO. The smallest absolute Gasteiger partial charge is 0.0652 e. The topological polar surface area (TPSA) is 33.0 Å². The summed E-state index contributed by atoms with van der Waals surface area (Å²) in [4.78, 5) is 0. The molecular weight excluding hydrogens is 90.1 g/mol. The molecule has 0 aliphatic heterocycles. The predicted octanol–water partition coefficient (Wildman–Crippen LogP) is 0.694. The molecule has 0 aromatic carbocycles. The molecule has 43 valence electrons. The van der Waals surface area contributed by atoms with Crippen LogP contribution in [-0.2, 0) is 4.74 Å². The molecule has 0 aromatic heterocycles. The molecule has 0 fully saturated rings. The van der Waals surface area contributed by atoms with E-state index in [0.29, 0.717) is 6.61 Å². The Morgan fingerprint density at radius 3 is 2.00 bits per heavy atom. The van der Waals surface area contributed by atoms with Gasteiger partial charge >= 0.3 is 0 Å². The van der Waals surface area contributed by atoms with Crippen molar-refractivity contribution in [2.45, 2.75) is 19.4 Å². The van der Waals surface area contributed by atoms with E-state index in [-0.39, 0.29) is 0 Å². The van der Waals surface area contributed by atoms with Gasteiger partial charge in [0.05, 0.1) is 12.1 Å². The summed E-state index contributed by atoms with van der Waals surface area (Å²) in [6.07, 6.45) is 0. The van der Waals surface area contributed by atoms with Gasteiger partial charge in [-0.25, -0.2) is 5.73 Å². The maximum Gasteiger partial charge on any atom is 0.0652 e. The molecule has 1 radical (unpaired) electrons. The summed E-state index contributed by atoms with van der Waals surface area (Å²) < 4.78 is 4.72. The second-order valence-corrected chi connectivity index (χ2v) is 2.32. The highest BCUT2D eigenvalue weighted by atomic mass is 16.5. The van der Waals surface area contributed by atoms with Crippen LogP contribution < -0.4 is 5.73 Å². The van der Waals surface area contributed by atoms with E-state index in [4.69, 9.17) is 10.5 Å². The van der Waals surface area contributed by atoms with E-state index in [2.05, 4.69) is 0 Å². The minimum Gasteiger partial charge on any atom is -0.383 e. The molecule has 0 aliphatic carbocycles. The normalized spacial score (nSPS) is 12.0. The zero-order valence-electron chi connectivity index (χ0n) is 5.12. The Morgan fingerprint density at radius 1 is 1.57 bits per heavy atom. The van der Waals surface area contributed by atoms with Gasteiger partial charge in [0.15, 0.2) is 0 Å². The summed E-state index contributed by atoms with van der Waals surface area (Å²) >= 11 is 0. The van der Waals surface area contributed by atoms with E-state index in [1.54, 1.807) is 7.11 Å². The van der Waals surface area contributed by atoms with Gasteiger partial charge in [-0.3, -0.25) is 0 Å². The third kappa shape index (κ3) is 5.92. The number of hydrogen-bond acceptors (Lipinski definition) is 1. The number of methoxy groups -OCH3 is 1. The first-order valence-electron chi connectivity index (χ1n) is 2.30. The van der Waals surface area contributed by atoms with Gasteiger partial charge in [-0.1, -0.05) is 0 Å². The molecule has 0 saturated heterocycles. The van der Waals surface area contributed by atoms with Crippen LogP contribution in [0.2, 0.25) is 0 Å². The largest absolute Gasteiger partial charge is 0.383 e. The van der Waals surface area contributed by atoms with Crippen LogP contribution in [0.15, 0.2) is 0 Å². The maximum absolute atomic E-state index is 7.21. The lowest BCUT2D eigenvalue weighted by atomic mass is 10.1. The van der Waals surface area contributed by atoms with Crippen molar-refractivity contribution in [1.82, 2.24) is 5.73 Å². The first kappa shape index (κ1) is 6.92. The summed E-state index contributed by atoms with van der Waals surface area (Å²) in [6.45, 7) is 4.14. The van der Waals surface area contributed by atoms with Gasteiger partial charge in [0.2, 0.25) is 0 Å². The van der Waals surface area contributed by atoms with Crippen molar-refractivity contribution < 1.29 is 4.74 Å². The van der Waals surface area contributed by atoms with Crippen molar-refractivity contribution in [3.63, 3.8) is 0 Å². The third-order valence-electron chi connectivity index (χ3n) is 0.505. The molecule has 7 heavy (non-hydrogen) atoms. The van der Waals surface area contributed by atoms with Gasteiger partial charge in [-0.05, 0) is 13.8 Å². The van der Waals surface area contributed by atoms with E-state index in [9.17, 15) is 0 Å². The number of nitrogens with one attached hydrogen (secondary N) is 1. The van der Waals surface area contributed by atoms with E-state index < -0.39 is 5.54 Å². The van der Waals surface area contributed by atoms with Crippen LogP contribution in [-0.4, -0.2) is 19.3 Å². The molecule has 1 N–H and O–H groups in total. The van der Waals surface area contributed by atoms with Crippen LogP contribution in [0, 0.1) is 0 Å². The van der Waals surface area contributed by atoms with Gasteiger partial charge in [0, 0.05) is 7.11 Å². The molecule has 0 bridgehead atoms. The lowest BCUT2D eigenvalue weighted by molar-refractivity contribution is 0.146. The van der Waals surface area contributed by atoms with Crippen molar-refractivity contribution in [2.24, 2.45) is 0 Å². The average Bonchev–Trinajstić information content (AvgIpc) is 1.30. The van der Waals surface area contributed by atoms with E-state index in [0.717, 1.165) is 0 Å². The quantitative estimate of drug-likeness (QED) is 0.505. The highest BCUT2D eigenvalue weighted by molar-refractivity contribution is 4.68. The number of hydrogen-bond donors (Lipinski definition) is 0. The fourth-order valence-electron chi connectivity index (χ4n) is 0.361. The van der Waals surface area contributed by atoms with Crippen LogP contribution in [0.1, 0.15) is 13.8 Å². The summed E-state index contributed by atoms with van der Waals surface area (Å²) in [5.74, 6) is 0. The van der Waals surface area contributed by atoms with Crippen molar-refractivity contribution in [2.75, 3.05) is 13.7 Å². The Bertz CT molecular complexity index is 46.5. The van der Waals surface area contributed by atoms with Crippen LogP contribution in [0.3, 0.4) is 0 Å². The van der Waals surface area contributed by atoms with Gasteiger partial charge in [-0.15, -0.1) is 0 Å². The molecule has 0 saturated carbocycles. The minimum absolute atomic E-state index is 0.422. The van der Waals surface area contributed by atoms with E-state index in [1.807, 2.05) is 13.8 Å². The lowest BCUT2D eigenvalue weighted by Gasteiger charge is -2.13. The highest BCUT2D eigenvalue weighted by Crippen LogP contribution is 1.96. The van der Waals surface area contributed by atoms with Crippen LogP contribution >= 0.6 is 0 Å². The zero-order chi connectivity index (χ0) is 5.91. The summed E-state index contributed by atoms with van der Waals surface area (Å²) in [6, 6.07) is 0. The fourth-order valence-corrected chi connectivity index (χ4v) is 0.361. The van der Waals surface area contributed by atoms with Crippen molar-refractivity contribution in [3.8, 4) is 0 Å². The molecule has 0 rings (SSSR count). The maximum atomic E-state index is 7.21. The average molecular weight is 102 g/mol. The second kappa shape index (κ2) is 2.28. The second-order valence-electron chi connectivity index (χ2n) is 2.32. The SMILES string of the molecule is COCC(C)(C)[NH]. The summed E-state index contributed by atoms with van der Waals surface area (Å²) in [5, 5.41) is 0. The fraction of sp³-hybridized carbons (Fsp3) is 1.00. The van der Waals surface area contributed by atoms with Crippen LogP contribution in [0.4, 0.5) is 0 Å². The lowest BCUT2D eigenvalue weighted by Crippen LogP contribution is -2.27. The van der Waals surface area contributed by atoms with Crippen LogP contribution in [0.25, 0.3) is 0 Å². The predicted molar refractivity (Wildman–Crippen MR) is 29.1 cm³/mol. The Morgan fingerprint density at radius 2 is 2.00 bits per heavy atom. The molecule has 0 aromatic rings. The first-order chi connectivity index (χ1) is 3.06. The Kier molecular flexibility index (Phi) is 2.26. The van der Waals surface area contributed by atoms with Crippen LogP contribution in [0.5, 0.6) is 0 Å². The molecule has 0 atom stereocenters. The Hall–Kier alpha value is -0.0800. The van der Waals surface area contributed by atoms with Gasteiger partial charge in [0.25, 0.3) is 0 Å². The van der Waals surface area contributed by atoms with Gasteiger partial charge in [0.1, 0.15) is 0 Å². The van der Waals surface area contributed by atoms with Crippen molar-refractivity contribution in [1.29, 1.82) is 0 Å². The summed E-state index contributed by atoms with van der Waals surface area (Å²) in [5.41, 5.74) is 6.78. The van der Waals surface area contributed by atoms with E-state index >= 15 is 0 Å². The van der Waals surface area contributed by atoms with E-state index in [1.165, 1.54) is 0 Å². The standard InChI is InChI=1S/C5H12NO/c1-5(2,6)4-7-3/h6H,4H2,1-3H3. The van der Waals surface area contributed by atoms with Crippen molar-refractivity contribution in [3.05, 3.63) is 0 Å². The monoisotopic (exact) mass is 102 g/mol. The molecule has 0 aliphatic rings. The first-order valence-corrected chi connectivity index (χ1v) is 2.30. The van der Waals surface area contributed by atoms with Gasteiger partial charge in [-0.2, -0.15) is 0 Å². The molecule has 0 heterocycles. The van der Waals surface area contributed by atoms with Gasteiger partial charge < -0.3 is 4.74 Å². The molecule has 2 nitrogen and oxygen atoms in total. The zero-order valence-corrected chi connectivity index (χ0v) is 5.12. The highest BCUT2D eigenvalue weighted by Gasteiger charge is 2.08. The minimum atomic E-state index is -0.422. The molecule has 0 amide bonds. The molecule has 0 unspecified atom stereocenters. The molecule has 0 spiro atoms. The Balaban J connectivity index is 3.15. The molecule has 2 heteroatoms. The van der Waals surface area contributed by atoms with Crippen molar-refractivity contribution >= 4 is 0 Å². The summed E-state index contributed by atoms with van der Waals surface area (Å²) in [7, 11) is 1.61. The third-order valence-corrected chi connectivity index (χ3v) is 0.505.